The molecule has 0 fully saturated rings. The van der Waals surface area contributed by atoms with E-state index in [-0.39, 0.29) is 52.3 Å². The van der Waals surface area contributed by atoms with Crippen LogP contribution < -0.4 is 0 Å². The van der Waals surface area contributed by atoms with Crippen LogP contribution in [0.25, 0.3) is 87.7 Å². The Balaban J connectivity index is 1.15. The second-order valence-electron chi connectivity index (χ2n) is 10.5. The van der Waals surface area contributed by atoms with E-state index in [1.54, 1.807) is 46.9 Å². The molecule has 0 amide bonds. The molecule has 212 valence electrons. The van der Waals surface area contributed by atoms with Crippen LogP contribution in [0.4, 0.5) is 17.6 Å². The van der Waals surface area contributed by atoms with Crippen molar-refractivity contribution >= 4 is 143 Å². The number of fused-ring (bicyclic) bond motifs is 9. The summed E-state index contributed by atoms with van der Waals surface area (Å²) in [4.78, 5) is 0.799. The molecule has 0 N–H and O–H groups in total. The number of rotatable bonds is 2. The summed E-state index contributed by atoms with van der Waals surface area (Å²) in [6, 6.07) is 22.6. The summed E-state index contributed by atoms with van der Waals surface area (Å²) in [6.07, 6.45) is 0. The van der Waals surface area contributed by atoms with Gasteiger partial charge in [-0.05, 0) is 0 Å². The third-order valence-corrected chi connectivity index (χ3v) is 18.3. The molecule has 0 radical (unpaired) electrons. The first-order valence-electron chi connectivity index (χ1n) is 13.4. The van der Waals surface area contributed by atoms with E-state index in [0.29, 0.717) is 40.2 Å². The van der Waals surface area contributed by atoms with Gasteiger partial charge in [0.1, 0.15) is 0 Å². The number of benzene rings is 4. The molecule has 0 aliphatic rings. The zero-order valence-corrected chi connectivity index (χ0v) is 28.6. The summed E-state index contributed by atoms with van der Waals surface area (Å²) in [5.41, 5.74) is 0. The first-order valence-corrected chi connectivity index (χ1v) is 20.1. The Morgan fingerprint density at radius 2 is 0.841 bits per heavy atom. The van der Waals surface area contributed by atoms with E-state index in [2.05, 4.69) is 12.1 Å². The van der Waals surface area contributed by atoms with E-state index in [1.165, 1.54) is 22.7 Å². The molecule has 4 aromatic carbocycles. The molecule has 44 heavy (non-hydrogen) atoms. The standard InChI is InChI=1S/C34H12F4S4Se2/c35-25-13-5-1-3-7-19(13)39-31(25)33-27(37)17-9-21-15(11-23(17)43-33)29-30(41-21)16-12-24-18(10-22(16)42-29)28(38)34(44-24)32-26(36)14-6-2-4-8-20(14)40-32/h1-12H. The van der Waals surface area contributed by atoms with E-state index in [1.807, 2.05) is 36.4 Å². The van der Waals surface area contributed by atoms with Crippen LogP contribution in [0.15, 0.2) is 72.8 Å². The van der Waals surface area contributed by atoms with Gasteiger partial charge in [0.15, 0.2) is 0 Å². The van der Waals surface area contributed by atoms with Gasteiger partial charge >= 0.3 is 276 Å². The Labute approximate surface area is 273 Å². The minimum atomic E-state index is -0.365. The summed E-state index contributed by atoms with van der Waals surface area (Å²) in [7, 11) is 0. The Morgan fingerprint density at radius 3 is 1.27 bits per heavy atom. The molecule has 0 unspecified atom stereocenters. The SMILES string of the molecule is Fc1c(-c2[se]c3cc4c(cc3c2F)sc2c3cc5[se]c(-c6sc7ccccc7c6F)c(F)c5cc3sc42)sc2ccccc12. The molecule has 10 rings (SSSR count). The molecule has 0 bridgehead atoms. The normalized spacial score (nSPS) is 12.5. The van der Waals surface area contributed by atoms with Crippen LogP contribution in [0.5, 0.6) is 0 Å². The van der Waals surface area contributed by atoms with Crippen LogP contribution in [0.1, 0.15) is 0 Å². The van der Waals surface area contributed by atoms with Crippen molar-refractivity contribution in [1.29, 1.82) is 0 Å². The summed E-state index contributed by atoms with van der Waals surface area (Å²) in [6.45, 7) is 0. The number of halogens is 4. The van der Waals surface area contributed by atoms with E-state index in [9.17, 15) is 0 Å². The van der Waals surface area contributed by atoms with Gasteiger partial charge in [-0.3, -0.25) is 0 Å². The van der Waals surface area contributed by atoms with Crippen molar-refractivity contribution in [3.05, 3.63) is 96.1 Å². The van der Waals surface area contributed by atoms with Gasteiger partial charge in [-0.2, -0.15) is 0 Å². The third kappa shape index (κ3) is 3.54. The Kier molecular flexibility index (Phi) is 5.63. The zero-order chi connectivity index (χ0) is 29.4. The monoisotopic (exact) mass is 784 g/mol. The molecule has 0 aliphatic carbocycles. The summed E-state index contributed by atoms with van der Waals surface area (Å²) >= 11 is 5.13. The Hall–Kier alpha value is -2.78. The molecule has 6 heterocycles. The van der Waals surface area contributed by atoms with Gasteiger partial charge in [-0.1, -0.05) is 0 Å². The van der Waals surface area contributed by atoms with Crippen LogP contribution in [0.3, 0.4) is 0 Å². The average Bonchev–Trinajstić information content (AvgIpc) is 3.86. The van der Waals surface area contributed by atoms with Crippen molar-refractivity contribution in [3.8, 4) is 18.6 Å². The number of hydrogen-bond acceptors (Lipinski definition) is 4. The fourth-order valence-electron chi connectivity index (χ4n) is 5.99. The van der Waals surface area contributed by atoms with Gasteiger partial charge in [0, 0.05) is 0 Å². The molecule has 0 saturated heterocycles. The molecular weight excluding hydrogens is 771 g/mol. The molecule has 0 saturated carbocycles. The van der Waals surface area contributed by atoms with Crippen LogP contribution in [-0.4, -0.2) is 29.0 Å². The predicted octanol–water partition coefficient (Wildman–Crippen LogP) is 12.0. The van der Waals surface area contributed by atoms with E-state index in [4.69, 9.17) is 0 Å². The second kappa shape index (κ2) is 9.38. The molecule has 0 aliphatic heterocycles. The zero-order valence-electron chi connectivity index (χ0n) is 21.9. The van der Waals surface area contributed by atoms with Crippen LogP contribution >= 0.6 is 45.3 Å². The molecule has 0 spiro atoms. The first-order chi connectivity index (χ1) is 21.4. The minimum absolute atomic E-state index is 0.322. The Morgan fingerprint density at radius 1 is 0.409 bits per heavy atom. The Bertz CT molecular complexity index is 2650. The van der Waals surface area contributed by atoms with E-state index < -0.39 is 0 Å². The van der Waals surface area contributed by atoms with Gasteiger partial charge in [0.05, 0.1) is 0 Å². The summed E-state index contributed by atoms with van der Waals surface area (Å²) < 4.78 is 71.0. The van der Waals surface area contributed by atoms with Crippen molar-refractivity contribution < 1.29 is 17.6 Å². The van der Waals surface area contributed by atoms with Gasteiger partial charge in [-0.25, -0.2) is 0 Å². The molecule has 10 aromatic rings. The molecular formula is C34H12F4S4Se2. The number of hydrogen-bond donors (Lipinski definition) is 0. The van der Waals surface area contributed by atoms with Crippen molar-refractivity contribution in [1.82, 2.24) is 0 Å². The average molecular weight is 783 g/mol. The van der Waals surface area contributed by atoms with Crippen LogP contribution in [0, 0.1) is 23.3 Å². The van der Waals surface area contributed by atoms with Crippen molar-refractivity contribution in [2.24, 2.45) is 0 Å². The van der Waals surface area contributed by atoms with Crippen molar-refractivity contribution in [2.75, 3.05) is 0 Å². The van der Waals surface area contributed by atoms with Crippen LogP contribution in [-0.2, 0) is 0 Å². The van der Waals surface area contributed by atoms with E-state index >= 15 is 17.6 Å². The molecule has 6 aromatic heterocycles. The van der Waals surface area contributed by atoms with Crippen LogP contribution in [0.2, 0.25) is 0 Å². The van der Waals surface area contributed by atoms with Gasteiger partial charge in [0.25, 0.3) is 0 Å². The van der Waals surface area contributed by atoms with Gasteiger partial charge in [-0.15, -0.1) is 0 Å². The maximum absolute atomic E-state index is 15.9. The molecule has 0 nitrogen and oxygen atoms in total. The second-order valence-corrected chi connectivity index (χ2v) is 19.1. The maximum atomic E-state index is 15.9. The topological polar surface area (TPSA) is 0 Å². The third-order valence-electron chi connectivity index (χ3n) is 8.06. The summed E-state index contributed by atoms with van der Waals surface area (Å²) in [5, 5.41) is 4.32. The van der Waals surface area contributed by atoms with Crippen molar-refractivity contribution in [2.45, 2.75) is 0 Å². The number of thiophene rings is 4. The first kappa shape index (κ1) is 26.4. The molecule has 10 heteroatoms. The molecule has 0 atom stereocenters. The van der Waals surface area contributed by atoms with Gasteiger partial charge < -0.3 is 0 Å². The predicted molar refractivity (Wildman–Crippen MR) is 185 cm³/mol. The fraction of sp³-hybridized carbons (Fsp3) is 0. The quantitative estimate of drug-likeness (QED) is 0.121. The van der Waals surface area contributed by atoms with E-state index in [0.717, 1.165) is 47.5 Å². The summed E-state index contributed by atoms with van der Waals surface area (Å²) in [5.74, 6) is -1.32. The van der Waals surface area contributed by atoms with Gasteiger partial charge in [0.2, 0.25) is 0 Å². The fourth-order valence-corrected chi connectivity index (χ4v) is 16.0. The van der Waals surface area contributed by atoms with Crippen molar-refractivity contribution in [3.63, 3.8) is 0 Å².